The summed E-state index contributed by atoms with van der Waals surface area (Å²) in [6.07, 6.45) is -7.94. The van der Waals surface area contributed by atoms with Gasteiger partial charge in [0.25, 0.3) is 5.76 Å². The van der Waals surface area contributed by atoms with Gasteiger partial charge >= 0.3 is 12.3 Å². The maximum absolute atomic E-state index is 11.9. The standard InChI is InChI=1S/C6H9F5OSi/c1-13(2,3)12-4(5(7)8)6(9,10)11/h1-3H3. The molecule has 0 rings (SSSR count). The average molecular weight is 220 g/mol. The minimum Gasteiger partial charge on any atom is -0.537 e. The highest BCUT2D eigenvalue weighted by atomic mass is 28.4. The van der Waals surface area contributed by atoms with E-state index < -0.39 is 26.3 Å². The van der Waals surface area contributed by atoms with Crippen LogP contribution in [0.1, 0.15) is 0 Å². The van der Waals surface area contributed by atoms with Gasteiger partial charge in [0.2, 0.25) is 8.32 Å². The molecule has 0 aliphatic heterocycles. The molecule has 78 valence electrons. The van der Waals surface area contributed by atoms with Crippen molar-refractivity contribution < 1.29 is 26.4 Å². The summed E-state index contributed by atoms with van der Waals surface area (Å²) >= 11 is 0. The molecule has 7 heteroatoms. The summed E-state index contributed by atoms with van der Waals surface area (Å²) in [6, 6.07) is 0. The first-order chi connectivity index (χ1) is 5.54. The van der Waals surface area contributed by atoms with Crippen molar-refractivity contribution in [1.29, 1.82) is 0 Å². The van der Waals surface area contributed by atoms with Gasteiger partial charge in [-0.3, -0.25) is 0 Å². The maximum atomic E-state index is 11.9. The van der Waals surface area contributed by atoms with E-state index in [-0.39, 0.29) is 0 Å². The molecule has 0 bridgehead atoms. The molecule has 0 saturated carbocycles. The van der Waals surface area contributed by atoms with Gasteiger partial charge in [-0.2, -0.15) is 22.0 Å². The van der Waals surface area contributed by atoms with Crippen molar-refractivity contribution in [1.82, 2.24) is 0 Å². The number of allylic oxidation sites excluding steroid dienone is 1. The minimum atomic E-state index is -5.11. The molecule has 0 amide bonds. The van der Waals surface area contributed by atoms with Crippen LogP contribution in [0.25, 0.3) is 0 Å². The van der Waals surface area contributed by atoms with E-state index in [1.165, 1.54) is 19.6 Å². The third-order valence-corrected chi connectivity index (χ3v) is 1.65. The summed E-state index contributed by atoms with van der Waals surface area (Å²) in [5, 5.41) is 0. The Morgan fingerprint density at radius 3 is 1.54 bits per heavy atom. The zero-order valence-corrected chi connectivity index (χ0v) is 8.30. The Labute approximate surface area is 73.3 Å². The molecule has 0 fully saturated rings. The van der Waals surface area contributed by atoms with Crippen LogP contribution in [0, 0.1) is 0 Å². The van der Waals surface area contributed by atoms with Crippen LogP contribution in [0.15, 0.2) is 11.8 Å². The Morgan fingerprint density at radius 1 is 1.08 bits per heavy atom. The van der Waals surface area contributed by atoms with Gasteiger partial charge in [0.15, 0.2) is 0 Å². The third kappa shape index (κ3) is 4.86. The van der Waals surface area contributed by atoms with Crippen molar-refractivity contribution in [3.63, 3.8) is 0 Å². The molecule has 0 saturated heterocycles. The summed E-state index contributed by atoms with van der Waals surface area (Å²) in [5.74, 6) is -2.16. The normalized spacial score (nSPS) is 12.6. The van der Waals surface area contributed by atoms with E-state index in [0.717, 1.165) is 0 Å². The van der Waals surface area contributed by atoms with Gasteiger partial charge in [0.1, 0.15) is 0 Å². The second-order valence-corrected chi connectivity index (χ2v) is 7.73. The molecule has 0 N–H and O–H groups in total. The molecule has 0 heterocycles. The quantitative estimate of drug-likeness (QED) is 0.393. The van der Waals surface area contributed by atoms with Crippen LogP contribution < -0.4 is 0 Å². The number of halogens is 5. The van der Waals surface area contributed by atoms with Gasteiger partial charge < -0.3 is 4.43 Å². The first kappa shape index (κ1) is 12.4. The molecule has 0 aliphatic carbocycles. The molecule has 0 radical (unpaired) electrons. The molecule has 1 nitrogen and oxygen atoms in total. The Hall–Kier alpha value is -0.593. The van der Waals surface area contributed by atoms with E-state index in [0.29, 0.717) is 0 Å². The monoisotopic (exact) mass is 220 g/mol. The molecule has 0 aromatic heterocycles. The summed E-state index contributed by atoms with van der Waals surface area (Å²) < 4.78 is 63.4. The number of rotatable bonds is 2. The van der Waals surface area contributed by atoms with Gasteiger partial charge in [0, 0.05) is 0 Å². The topological polar surface area (TPSA) is 9.23 Å². The van der Waals surface area contributed by atoms with E-state index in [2.05, 4.69) is 4.43 Å². The van der Waals surface area contributed by atoms with Crippen LogP contribution in [0.4, 0.5) is 22.0 Å². The second-order valence-electron chi connectivity index (χ2n) is 3.30. The van der Waals surface area contributed by atoms with E-state index in [9.17, 15) is 22.0 Å². The Balaban J connectivity index is 4.80. The predicted octanol–water partition coefficient (Wildman–Crippen LogP) is 3.51. The van der Waals surface area contributed by atoms with Crippen molar-refractivity contribution in [3.8, 4) is 0 Å². The first-order valence-electron chi connectivity index (χ1n) is 3.35. The number of hydrogen-bond acceptors (Lipinski definition) is 1. The molecular formula is C6H9F5OSi. The van der Waals surface area contributed by atoms with Crippen molar-refractivity contribution >= 4 is 8.32 Å². The molecular weight excluding hydrogens is 211 g/mol. The van der Waals surface area contributed by atoms with Crippen LogP contribution in [0.2, 0.25) is 19.6 Å². The van der Waals surface area contributed by atoms with Gasteiger partial charge in [-0.15, -0.1) is 0 Å². The van der Waals surface area contributed by atoms with Gasteiger partial charge in [0.05, 0.1) is 0 Å². The summed E-state index contributed by atoms with van der Waals surface area (Å²) in [7, 11) is -2.65. The zero-order chi connectivity index (χ0) is 10.9. The Morgan fingerprint density at radius 2 is 1.46 bits per heavy atom. The highest BCUT2D eigenvalue weighted by molar-refractivity contribution is 6.70. The predicted molar refractivity (Wildman–Crippen MR) is 39.7 cm³/mol. The van der Waals surface area contributed by atoms with E-state index in [1.807, 2.05) is 0 Å². The molecule has 0 aromatic rings. The van der Waals surface area contributed by atoms with Crippen LogP contribution >= 0.6 is 0 Å². The highest BCUT2D eigenvalue weighted by Crippen LogP contribution is 2.32. The zero-order valence-electron chi connectivity index (χ0n) is 7.30. The van der Waals surface area contributed by atoms with E-state index in [4.69, 9.17) is 0 Å². The lowest BCUT2D eigenvalue weighted by Gasteiger charge is -2.22. The molecule has 0 aromatic carbocycles. The molecule has 0 spiro atoms. The fourth-order valence-electron chi connectivity index (χ4n) is 0.510. The van der Waals surface area contributed by atoms with Crippen LogP contribution in [-0.2, 0) is 4.43 Å². The fourth-order valence-corrected chi connectivity index (χ4v) is 1.32. The van der Waals surface area contributed by atoms with Crippen LogP contribution in [0.5, 0.6) is 0 Å². The largest absolute Gasteiger partial charge is 0.537 e. The van der Waals surface area contributed by atoms with Crippen LogP contribution in [0.3, 0.4) is 0 Å². The van der Waals surface area contributed by atoms with Gasteiger partial charge in [-0.25, -0.2) is 0 Å². The highest BCUT2D eigenvalue weighted by Gasteiger charge is 2.42. The van der Waals surface area contributed by atoms with Gasteiger partial charge in [-0.05, 0) is 19.6 Å². The molecule has 13 heavy (non-hydrogen) atoms. The molecule has 0 atom stereocenters. The summed E-state index contributed by atoms with van der Waals surface area (Å²) in [6.45, 7) is 4.17. The Bertz CT molecular complexity index is 210. The first-order valence-corrected chi connectivity index (χ1v) is 6.76. The Kier molecular flexibility index (Phi) is 3.48. The number of alkyl halides is 3. The molecule has 0 unspecified atom stereocenters. The summed E-state index contributed by atoms with van der Waals surface area (Å²) in [4.78, 5) is 0. The minimum absolute atomic E-state index is 1.39. The van der Waals surface area contributed by atoms with Crippen LogP contribution in [-0.4, -0.2) is 14.5 Å². The van der Waals surface area contributed by atoms with Crippen molar-refractivity contribution in [3.05, 3.63) is 11.8 Å². The maximum Gasteiger partial charge on any atom is 0.453 e. The smallest absolute Gasteiger partial charge is 0.453 e. The lowest BCUT2D eigenvalue weighted by Crippen LogP contribution is -2.30. The lowest BCUT2D eigenvalue weighted by atomic mass is 10.5. The van der Waals surface area contributed by atoms with E-state index in [1.54, 1.807) is 0 Å². The number of hydrogen-bond donors (Lipinski definition) is 0. The SMILES string of the molecule is C[Si](C)(C)OC(=C(F)F)C(F)(F)F. The fraction of sp³-hybridized carbons (Fsp3) is 0.667. The van der Waals surface area contributed by atoms with Crippen molar-refractivity contribution in [2.75, 3.05) is 0 Å². The van der Waals surface area contributed by atoms with E-state index >= 15 is 0 Å². The van der Waals surface area contributed by atoms with Gasteiger partial charge in [-0.1, -0.05) is 0 Å². The summed E-state index contributed by atoms with van der Waals surface area (Å²) in [5.41, 5.74) is 0. The molecule has 0 aliphatic rings. The average Bonchev–Trinajstić information content (AvgIpc) is 1.77. The lowest BCUT2D eigenvalue weighted by molar-refractivity contribution is -0.122. The second kappa shape index (κ2) is 3.65. The van der Waals surface area contributed by atoms with Crippen molar-refractivity contribution in [2.45, 2.75) is 25.8 Å². The van der Waals surface area contributed by atoms with Crippen molar-refractivity contribution in [2.24, 2.45) is 0 Å². The third-order valence-electron chi connectivity index (χ3n) is 0.837.